The standard InChI is InChI=1S/C27H35N5O3S.ClH/c1-5-29(6-2)14-15-31(27-28-22-17-19(3)16-20(4)25(22)36-27)26(33)21-10-11-23(24(18-21)32(34)35)30-12-8-7-9-13-30;/h10-11,16-18H,5-9,12-15H2,1-4H3;1H. The van der Waals surface area contributed by atoms with Crippen molar-refractivity contribution in [3.05, 3.63) is 57.1 Å². The fourth-order valence-corrected chi connectivity index (χ4v) is 5.95. The zero-order valence-corrected chi connectivity index (χ0v) is 23.7. The molecule has 0 aliphatic carbocycles. The van der Waals surface area contributed by atoms with Crippen LogP contribution in [0.3, 0.4) is 0 Å². The fraction of sp³-hybridized carbons (Fsp3) is 0.481. The molecule has 0 N–H and O–H groups in total. The number of halogens is 1. The van der Waals surface area contributed by atoms with Crippen LogP contribution in [0.15, 0.2) is 30.3 Å². The minimum atomic E-state index is -0.370. The molecule has 0 spiro atoms. The predicted molar refractivity (Wildman–Crippen MR) is 155 cm³/mol. The summed E-state index contributed by atoms with van der Waals surface area (Å²) in [4.78, 5) is 36.3. The van der Waals surface area contributed by atoms with Crippen LogP contribution in [0.2, 0.25) is 0 Å². The van der Waals surface area contributed by atoms with Crippen molar-refractivity contribution < 1.29 is 9.72 Å². The van der Waals surface area contributed by atoms with E-state index in [1.54, 1.807) is 17.0 Å². The third-order valence-corrected chi connectivity index (χ3v) is 8.16. The molecule has 1 aliphatic heterocycles. The number of amides is 1. The second kappa shape index (κ2) is 12.7. The first-order valence-corrected chi connectivity index (χ1v) is 13.6. The van der Waals surface area contributed by atoms with E-state index in [0.717, 1.165) is 66.8 Å². The second-order valence-corrected chi connectivity index (χ2v) is 10.4. The first-order chi connectivity index (χ1) is 17.3. The number of aryl methyl sites for hydroxylation is 2. The van der Waals surface area contributed by atoms with Crippen LogP contribution < -0.4 is 9.80 Å². The molecular weight excluding hydrogens is 510 g/mol. The van der Waals surface area contributed by atoms with Gasteiger partial charge in [0.2, 0.25) is 0 Å². The molecule has 0 unspecified atom stereocenters. The van der Waals surface area contributed by atoms with E-state index in [9.17, 15) is 14.9 Å². The monoisotopic (exact) mass is 545 g/mol. The van der Waals surface area contributed by atoms with Gasteiger partial charge in [0.15, 0.2) is 5.13 Å². The molecule has 3 aromatic rings. The van der Waals surface area contributed by atoms with Gasteiger partial charge < -0.3 is 9.80 Å². The lowest BCUT2D eigenvalue weighted by Gasteiger charge is -2.28. The Balaban J connectivity index is 0.00000380. The lowest BCUT2D eigenvalue weighted by atomic mass is 10.1. The van der Waals surface area contributed by atoms with Crippen molar-refractivity contribution in [1.82, 2.24) is 9.88 Å². The van der Waals surface area contributed by atoms with Crippen LogP contribution in [-0.2, 0) is 0 Å². The summed E-state index contributed by atoms with van der Waals surface area (Å²) in [5.74, 6) is -0.260. The Morgan fingerprint density at radius 3 is 2.43 bits per heavy atom. The van der Waals surface area contributed by atoms with Crippen molar-refractivity contribution in [2.75, 3.05) is 49.1 Å². The molecule has 8 nitrogen and oxygen atoms in total. The van der Waals surface area contributed by atoms with E-state index in [-0.39, 0.29) is 28.9 Å². The Labute approximate surface area is 228 Å². The van der Waals surface area contributed by atoms with Gasteiger partial charge in [-0.1, -0.05) is 31.3 Å². The molecule has 37 heavy (non-hydrogen) atoms. The molecule has 4 rings (SSSR count). The maximum Gasteiger partial charge on any atom is 0.293 e. The summed E-state index contributed by atoms with van der Waals surface area (Å²) >= 11 is 1.50. The number of nitro groups is 1. The van der Waals surface area contributed by atoms with E-state index in [1.165, 1.54) is 17.4 Å². The molecule has 0 saturated carbocycles. The van der Waals surface area contributed by atoms with Crippen LogP contribution in [0, 0.1) is 24.0 Å². The summed E-state index contributed by atoms with van der Waals surface area (Å²) < 4.78 is 1.06. The van der Waals surface area contributed by atoms with Gasteiger partial charge in [-0.25, -0.2) is 4.98 Å². The van der Waals surface area contributed by atoms with Gasteiger partial charge in [0, 0.05) is 37.8 Å². The highest BCUT2D eigenvalue weighted by Crippen LogP contribution is 2.35. The Bertz CT molecular complexity index is 1250. The van der Waals surface area contributed by atoms with Crippen molar-refractivity contribution in [2.45, 2.75) is 47.0 Å². The van der Waals surface area contributed by atoms with E-state index in [2.05, 4.69) is 36.6 Å². The number of piperidine rings is 1. The number of fused-ring (bicyclic) bond motifs is 1. The summed E-state index contributed by atoms with van der Waals surface area (Å²) in [6.45, 7) is 12.8. The number of aromatic nitrogens is 1. The number of rotatable bonds is 9. The van der Waals surface area contributed by atoms with Crippen molar-refractivity contribution in [2.24, 2.45) is 0 Å². The van der Waals surface area contributed by atoms with Crippen molar-refractivity contribution in [1.29, 1.82) is 0 Å². The van der Waals surface area contributed by atoms with Crippen molar-refractivity contribution >= 4 is 56.4 Å². The Morgan fingerprint density at radius 2 is 1.78 bits per heavy atom. The lowest BCUT2D eigenvalue weighted by Crippen LogP contribution is -2.39. The minimum absolute atomic E-state index is 0. The van der Waals surface area contributed by atoms with Crippen LogP contribution >= 0.6 is 23.7 Å². The van der Waals surface area contributed by atoms with E-state index >= 15 is 0 Å². The van der Waals surface area contributed by atoms with Crippen LogP contribution in [0.4, 0.5) is 16.5 Å². The number of nitro benzene ring substituents is 1. The smallest absolute Gasteiger partial charge is 0.293 e. The maximum atomic E-state index is 13.9. The van der Waals surface area contributed by atoms with Gasteiger partial charge in [0.1, 0.15) is 5.69 Å². The van der Waals surface area contributed by atoms with E-state index in [1.807, 2.05) is 13.0 Å². The summed E-state index contributed by atoms with van der Waals surface area (Å²) in [6.07, 6.45) is 3.18. The molecule has 2 heterocycles. The summed E-state index contributed by atoms with van der Waals surface area (Å²) in [5, 5.41) is 12.6. The molecule has 0 atom stereocenters. The number of hydrogen-bond donors (Lipinski definition) is 0. The average molecular weight is 546 g/mol. The third kappa shape index (κ3) is 6.40. The van der Waals surface area contributed by atoms with Crippen LogP contribution in [0.5, 0.6) is 0 Å². The van der Waals surface area contributed by atoms with Crippen molar-refractivity contribution in [3.63, 3.8) is 0 Å². The molecule has 2 aromatic carbocycles. The summed E-state index contributed by atoms with van der Waals surface area (Å²) in [5.41, 5.74) is 4.03. The fourth-order valence-electron chi connectivity index (χ4n) is 4.91. The first-order valence-electron chi connectivity index (χ1n) is 12.8. The highest BCUT2D eigenvalue weighted by molar-refractivity contribution is 7.22. The predicted octanol–water partition coefficient (Wildman–Crippen LogP) is 6.22. The number of anilines is 2. The maximum absolute atomic E-state index is 13.9. The SMILES string of the molecule is CCN(CC)CCN(C(=O)c1ccc(N2CCCCC2)c([N+](=O)[O-])c1)c1nc2cc(C)cc(C)c2s1.Cl. The number of nitrogens with zero attached hydrogens (tertiary/aromatic N) is 5. The Hall–Kier alpha value is -2.75. The quantitative estimate of drug-likeness (QED) is 0.234. The van der Waals surface area contributed by atoms with E-state index in [0.29, 0.717) is 29.5 Å². The van der Waals surface area contributed by atoms with Gasteiger partial charge in [0.05, 0.1) is 15.1 Å². The largest absolute Gasteiger partial charge is 0.366 e. The van der Waals surface area contributed by atoms with Gasteiger partial charge >= 0.3 is 0 Å². The number of carbonyl (C=O) groups is 1. The summed E-state index contributed by atoms with van der Waals surface area (Å²) in [6, 6.07) is 9.07. The van der Waals surface area contributed by atoms with Crippen LogP contribution in [-0.4, -0.2) is 60.0 Å². The van der Waals surface area contributed by atoms with E-state index < -0.39 is 0 Å². The normalized spacial score (nSPS) is 13.6. The van der Waals surface area contributed by atoms with Crippen LogP contribution in [0.1, 0.15) is 54.6 Å². The molecule has 0 radical (unpaired) electrons. The molecule has 1 fully saturated rings. The molecule has 0 bridgehead atoms. The van der Waals surface area contributed by atoms with E-state index in [4.69, 9.17) is 4.98 Å². The zero-order valence-electron chi connectivity index (χ0n) is 22.0. The molecule has 1 amide bonds. The lowest BCUT2D eigenvalue weighted by molar-refractivity contribution is -0.384. The molecule has 10 heteroatoms. The number of hydrogen-bond acceptors (Lipinski definition) is 7. The molecule has 1 aliphatic rings. The van der Waals surface area contributed by atoms with Gasteiger partial charge in [-0.15, -0.1) is 12.4 Å². The average Bonchev–Trinajstić information content (AvgIpc) is 3.30. The topological polar surface area (TPSA) is 82.8 Å². The molecule has 200 valence electrons. The van der Waals surface area contributed by atoms with Gasteiger partial charge in [-0.3, -0.25) is 19.8 Å². The number of thiazole rings is 1. The van der Waals surface area contributed by atoms with Crippen molar-refractivity contribution in [3.8, 4) is 0 Å². The van der Waals surface area contributed by atoms with Crippen LogP contribution in [0.25, 0.3) is 10.2 Å². The van der Waals surface area contributed by atoms with Gasteiger partial charge in [-0.2, -0.15) is 0 Å². The van der Waals surface area contributed by atoms with Gasteiger partial charge in [0.25, 0.3) is 11.6 Å². The highest BCUT2D eigenvalue weighted by Gasteiger charge is 2.27. The minimum Gasteiger partial charge on any atom is -0.366 e. The van der Waals surface area contributed by atoms with Gasteiger partial charge in [-0.05, 0) is 75.5 Å². The Kier molecular flexibility index (Phi) is 9.87. The molecular formula is C27H36ClN5O3S. The zero-order chi connectivity index (χ0) is 25.8. The molecule has 1 saturated heterocycles. The Morgan fingerprint density at radius 1 is 1.08 bits per heavy atom. The third-order valence-electron chi connectivity index (χ3n) is 6.93. The molecule has 1 aromatic heterocycles. The second-order valence-electron chi connectivity index (χ2n) is 9.42. The summed E-state index contributed by atoms with van der Waals surface area (Å²) in [7, 11) is 0. The highest BCUT2D eigenvalue weighted by atomic mass is 35.5. The number of carbonyl (C=O) groups excluding carboxylic acids is 1. The number of likely N-dealkylation sites (N-methyl/N-ethyl adjacent to an activating group) is 1. The number of benzene rings is 2. The first kappa shape index (κ1) is 28.8.